The van der Waals surface area contributed by atoms with Gasteiger partial charge < -0.3 is 14.8 Å². The topological polar surface area (TPSA) is 81.7 Å². The van der Waals surface area contributed by atoms with Crippen LogP contribution in [0.15, 0.2) is 0 Å². The van der Waals surface area contributed by atoms with Gasteiger partial charge in [0.25, 0.3) is 0 Å². The van der Waals surface area contributed by atoms with Crippen LogP contribution in [0.4, 0.5) is 5.00 Å². The lowest BCUT2D eigenvalue weighted by atomic mass is 9.88. The van der Waals surface area contributed by atoms with Gasteiger partial charge in [0, 0.05) is 4.88 Å². The van der Waals surface area contributed by atoms with E-state index < -0.39 is 5.25 Å². The molecule has 0 saturated heterocycles. The standard InChI is InChI=1S/C18H25NO5S2/c1-5-24-18(22)15-12-7-6-10(2)8-13(12)26-17(15)19-16(21)11(3)25-9-14(20)23-4/h10-11H,5-9H2,1-4H3,(H,19,21). The van der Waals surface area contributed by atoms with Crippen molar-refractivity contribution in [2.75, 3.05) is 24.8 Å². The number of hydrogen-bond acceptors (Lipinski definition) is 7. The monoisotopic (exact) mass is 399 g/mol. The Morgan fingerprint density at radius 3 is 2.77 bits per heavy atom. The first-order valence-corrected chi connectivity index (χ1v) is 10.5. The van der Waals surface area contributed by atoms with Crippen LogP contribution < -0.4 is 5.32 Å². The predicted molar refractivity (Wildman–Crippen MR) is 104 cm³/mol. The van der Waals surface area contributed by atoms with E-state index in [2.05, 4.69) is 17.0 Å². The van der Waals surface area contributed by atoms with Gasteiger partial charge in [-0.05, 0) is 44.6 Å². The Morgan fingerprint density at radius 1 is 1.38 bits per heavy atom. The molecule has 8 heteroatoms. The Labute approximate surface area is 162 Å². The molecule has 1 N–H and O–H groups in total. The number of thioether (sulfide) groups is 1. The number of ether oxygens (including phenoxy) is 2. The average Bonchev–Trinajstić information content (AvgIpc) is 2.96. The number of rotatable bonds is 7. The van der Waals surface area contributed by atoms with Gasteiger partial charge in [0.2, 0.25) is 5.91 Å². The summed E-state index contributed by atoms with van der Waals surface area (Å²) in [6.07, 6.45) is 2.76. The van der Waals surface area contributed by atoms with Gasteiger partial charge in [0.1, 0.15) is 5.00 Å². The van der Waals surface area contributed by atoms with Crippen LogP contribution in [0, 0.1) is 5.92 Å². The summed E-state index contributed by atoms with van der Waals surface area (Å²) >= 11 is 2.66. The van der Waals surface area contributed by atoms with Crippen molar-refractivity contribution in [2.45, 2.75) is 45.3 Å². The molecule has 0 saturated carbocycles. The second-order valence-electron chi connectivity index (χ2n) is 6.29. The molecule has 1 heterocycles. The van der Waals surface area contributed by atoms with Crippen LogP contribution in [-0.2, 0) is 31.9 Å². The van der Waals surface area contributed by atoms with Crippen molar-refractivity contribution in [1.29, 1.82) is 0 Å². The molecule has 144 valence electrons. The highest BCUT2D eigenvalue weighted by atomic mass is 32.2. The van der Waals surface area contributed by atoms with E-state index in [-0.39, 0.29) is 23.6 Å². The third-order valence-corrected chi connectivity index (χ3v) is 6.56. The normalized spacial score (nSPS) is 17.2. The van der Waals surface area contributed by atoms with Crippen LogP contribution >= 0.6 is 23.1 Å². The second kappa shape index (κ2) is 9.41. The van der Waals surface area contributed by atoms with E-state index >= 15 is 0 Å². The number of thiophene rings is 1. The third-order valence-electron chi connectivity index (χ3n) is 4.28. The zero-order valence-electron chi connectivity index (χ0n) is 15.5. The van der Waals surface area contributed by atoms with Gasteiger partial charge in [0.15, 0.2) is 0 Å². The van der Waals surface area contributed by atoms with Crippen LogP contribution in [0.5, 0.6) is 0 Å². The smallest absolute Gasteiger partial charge is 0.341 e. The number of carbonyl (C=O) groups excluding carboxylic acids is 3. The lowest BCUT2D eigenvalue weighted by Crippen LogP contribution is -2.24. The minimum Gasteiger partial charge on any atom is -0.468 e. The molecule has 0 aliphatic heterocycles. The molecule has 2 unspecified atom stereocenters. The summed E-state index contributed by atoms with van der Waals surface area (Å²) in [7, 11) is 1.32. The quantitative estimate of drug-likeness (QED) is 0.709. The summed E-state index contributed by atoms with van der Waals surface area (Å²) < 4.78 is 9.80. The summed E-state index contributed by atoms with van der Waals surface area (Å²) in [6.45, 7) is 5.97. The lowest BCUT2D eigenvalue weighted by Gasteiger charge is -2.18. The van der Waals surface area contributed by atoms with Gasteiger partial charge in [-0.1, -0.05) is 6.92 Å². The molecule has 6 nitrogen and oxygen atoms in total. The van der Waals surface area contributed by atoms with E-state index in [1.54, 1.807) is 13.8 Å². The summed E-state index contributed by atoms with van der Waals surface area (Å²) in [6, 6.07) is 0. The predicted octanol–water partition coefficient (Wildman–Crippen LogP) is 3.28. The van der Waals surface area contributed by atoms with Crippen molar-refractivity contribution < 1.29 is 23.9 Å². The number of fused-ring (bicyclic) bond motifs is 1. The van der Waals surface area contributed by atoms with E-state index in [0.29, 0.717) is 23.1 Å². The van der Waals surface area contributed by atoms with E-state index in [4.69, 9.17) is 4.74 Å². The molecule has 0 aromatic carbocycles. The largest absolute Gasteiger partial charge is 0.468 e. The molecule has 2 atom stereocenters. The number of hydrogen-bond donors (Lipinski definition) is 1. The first-order valence-electron chi connectivity index (χ1n) is 8.68. The van der Waals surface area contributed by atoms with Gasteiger partial charge in [-0.15, -0.1) is 23.1 Å². The van der Waals surface area contributed by atoms with Crippen molar-refractivity contribution in [3.63, 3.8) is 0 Å². The fourth-order valence-electron chi connectivity index (χ4n) is 2.80. The van der Waals surface area contributed by atoms with Crippen molar-refractivity contribution in [3.8, 4) is 0 Å². The molecule has 0 fully saturated rings. The zero-order chi connectivity index (χ0) is 19.3. The van der Waals surface area contributed by atoms with Crippen molar-refractivity contribution in [2.24, 2.45) is 5.92 Å². The van der Waals surface area contributed by atoms with Crippen molar-refractivity contribution >= 4 is 45.9 Å². The van der Waals surface area contributed by atoms with Crippen LogP contribution in [-0.4, -0.2) is 42.6 Å². The molecule has 0 spiro atoms. The molecule has 0 radical (unpaired) electrons. The maximum Gasteiger partial charge on any atom is 0.341 e. The number of carbonyl (C=O) groups is 3. The molecule has 26 heavy (non-hydrogen) atoms. The van der Waals surface area contributed by atoms with E-state index in [0.717, 1.165) is 29.7 Å². The number of anilines is 1. The van der Waals surface area contributed by atoms with Gasteiger partial charge >= 0.3 is 11.9 Å². The summed E-state index contributed by atoms with van der Waals surface area (Å²) in [5.41, 5.74) is 1.51. The highest BCUT2D eigenvalue weighted by Crippen LogP contribution is 2.40. The van der Waals surface area contributed by atoms with E-state index in [1.165, 1.54) is 30.2 Å². The van der Waals surface area contributed by atoms with Crippen LogP contribution in [0.25, 0.3) is 0 Å². The minimum absolute atomic E-state index is 0.105. The fourth-order valence-corrected chi connectivity index (χ4v) is 4.92. The maximum atomic E-state index is 12.5. The average molecular weight is 400 g/mol. The molecule has 1 aliphatic carbocycles. The SMILES string of the molecule is CCOC(=O)c1c(NC(=O)C(C)SCC(=O)OC)sc2c1CCC(C)C2. The van der Waals surface area contributed by atoms with Crippen LogP contribution in [0.3, 0.4) is 0 Å². The second-order valence-corrected chi connectivity index (χ2v) is 8.73. The first kappa shape index (κ1) is 20.8. The molecular formula is C18H25NO5S2. The van der Waals surface area contributed by atoms with Gasteiger partial charge in [-0.2, -0.15) is 0 Å². The molecule has 0 bridgehead atoms. The van der Waals surface area contributed by atoms with E-state index in [9.17, 15) is 14.4 Å². The number of methoxy groups -OCH3 is 1. The molecular weight excluding hydrogens is 374 g/mol. The Morgan fingerprint density at radius 2 is 2.12 bits per heavy atom. The van der Waals surface area contributed by atoms with Gasteiger partial charge in [-0.25, -0.2) is 4.79 Å². The first-order chi connectivity index (χ1) is 12.4. The Kier molecular flexibility index (Phi) is 7.52. The fraction of sp³-hybridized carbons (Fsp3) is 0.611. The Bertz CT molecular complexity index is 685. The van der Waals surface area contributed by atoms with Gasteiger partial charge in [-0.3, -0.25) is 9.59 Å². The minimum atomic E-state index is -0.442. The Balaban J connectivity index is 2.18. The number of esters is 2. The number of amides is 1. The summed E-state index contributed by atoms with van der Waals surface area (Å²) in [4.78, 5) is 37.3. The lowest BCUT2D eigenvalue weighted by molar-refractivity contribution is -0.137. The molecule has 2 rings (SSSR count). The van der Waals surface area contributed by atoms with Crippen molar-refractivity contribution in [1.82, 2.24) is 0 Å². The summed E-state index contributed by atoms with van der Waals surface area (Å²) in [5.74, 6) is -0.327. The van der Waals surface area contributed by atoms with E-state index in [1.807, 2.05) is 0 Å². The van der Waals surface area contributed by atoms with Gasteiger partial charge in [0.05, 0.1) is 30.3 Å². The molecule has 1 amide bonds. The van der Waals surface area contributed by atoms with Crippen LogP contribution in [0.1, 0.15) is 48.0 Å². The molecule has 1 aromatic heterocycles. The highest BCUT2D eigenvalue weighted by Gasteiger charge is 2.29. The van der Waals surface area contributed by atoms with Crippen molar-refractivity contribution in [3.05, 3.63) is 16.0 Å². The third kappa shape index (κ3) is 5.01. The Hall–Kier alpha value is -1.54. The molecule has 1 aliphatic rings. The van der Waals surface area contributed by atoms with Crippen LogP contribution in [0.2, 0.25) is 0 Å². The number of nitrogens with one attached hydrogen (secondary N) is 1. The maximum absolute atomic E-state index is 12.5. The highest BCUT2D eigenvalue weighted by molar-refractivity contribution is 8.01. The summed E-state index contributed by atoms with van der Waals surface area (Å²) in [5, 5.41) is 2.98. The zero-order valence-corrected chi connectivity index (χ0v) is 17.2. The molecule has 1 aromatic rings.